The van der Waals surface area contributed by atoms with Crippen molar-refractivity contribution in [3.63, 3.8) is 0 Å². The van der Waals surface area contributed by atoms with Gasteiger partial charge in [0.15, 0.2) is 0 Å². The summed E-state index contributed by atoms with van der Waals surface area (Å²) in [6.07, 6.45) is 1.60. The molecule has 3 nitrogen and oxygen atoms in total. The van der Waals surface area contributed by atoms with E-state index in [1.54, 1.807) is 18.1 Å². The van der Waals surface area contributed by atoms with Gasteiger partial charge in [0.1, 0.15) is 17.2 Å². The van der Waals surface area contributed by atoms with Crippen molar-refractivity contribution < 1.29 is 0 Å². The van der Waals surface area contributed by atoms with Crippen LogP contribution in [0.25, 0.3) is 0 Å². The Balaban J connectivity index is 2.12. The summed E-state index contributed by atoms with van der Waals surface area (Å²) in [4.78, 5) is 8.58. The molecule has 0 saturated carbocycles. The average Bonchev–Trinajstić information content (AvgIpc) is 2.39. The number of aryl methyl sites for hydroxylation is 2. The Hall–Kier alpha value is -1.07. The molecule has 0 atom stereocenters. The van der Waals surface area contributed by atoms with Crippen LogP contribution in [0.4, 0.5) is 5.82 Å². The Morgan fingerprint density at radius 3 is 2.50 bits per heavy atom. The summed E-state index contributed by atoms with van der Waals surface area (Å²) < 4.78 is 0.941. The number of benzene rings is 1. The van der Waals surface area contributed by atoms with Gasteiger partial charge in [-0.15, -0.1) is 11.8 Å². The van der Waals surface area contributed by atoms with Crippen molar-refractivity contribution >= 4 is 33.5 Å². The van der Waals surface area contributed by atoms with E-state index in [0.29, 0.717) is 0 Å². The van der Waals surface area contributed by atoms with Crippen molar-refractivity contribution in [2.24, 2.45) is 0 Å². The van der Waals surface area contributed by atoms with Gasteiger partial charge < -0.3 is 5.32 Å². The first-order chi connectivity index (χ1) is 9.60. The number of rotatable bonds is 5. The number of aromatic nitrogens is 2. The van der Waals surface area contributed by atoms with E-state index in [1.807, 2.05) is 0 Å². The Bertz CT molecular complexity index is 581. The van der Waals surface area contributed by atoms with Crippen LogP contribution >= 0.6 is 27.7 Å². The maximum atomic E-state index is 4.35. The van der Waals surface area contributed by atoms with Gasteiger partial charge in [0, 0.05) is 12.3 Å². The van der Waals surface area contributed by atoms with Crippen LogP contribution in [0.1, 0.15) is 23.6 Å². The van der Waals surface area contributed by atoms with Crippen molar-refractivity contribution in [1.29, 1.82) is 0 Å². The van der Waals surface area contributed by atoms with Gasteiger partial charge in [-0.1, -0.05) is 29.3 Å². The van der Waals surface area contributed by atoms with Crippen molar-refractivity contribution in [2.75, 3.05) is 11.9 Å². The number of nitrogens with zero attached hydrogens (tertiary/aromatic N) is 2. The minimum absolute atomic E-state index is 0.844. The maximum absolute atomic E-state index is 4.35. The van der Waals surface area contributed by atoms with Gasteiger partial charge >= 0.3 is 0 Å². The zero-order valence-electron chi connectivity index (χ0n) is 11.9. The molecule has 1 heterocycles. The fourth-order valence-corrected chi connectivity index (χ4v) is 3.55. The van der Waals surface area contributed by atoms with E-state index in [0.717, 1.165) is 27.6 Å². The molecule has 0 unspecified atom stereocenters. The van der Waals surface area contributed by atoms with Crippen molar-refractivity contribution in [3.05, 3.63) is 45.7 Å². The van der Waals surface area contributed by atoms with Gasteiger partial charge in [0.25, 0.3) is 0 Å². The van der Waals surface area contributed by atoms with Crippen molar-refractivity contribution in [3.8, 4) is 0 Å². The summed E-state index contributed by atoms with van der Waals surface area (Å²) in [7, 11) is 0. The number of anilines is 1. The molecular weight excluding hydrogens is 334 g/mol. The standard InChI is InChI=1S/C15H18BrN3S/c1-4-17-14-13(16)15(19-9-18-14)20-8-12-6-10(2)5-11(3)7-12/h5-7,9H,4,8H2,1-3H3,(H,17,18,19). The third-order valence-electron chi connectivity index (χ3n) is 2.76. The Morgan fingerprint density at radius 1 is 1.15 bits per heavy atom. The van der Waals surface area contributed by atoms with Gasteiger partial charge in [-0.05, 0) is 42.3 Å². The van der Waals surface area contributed by atoms with Gasteiger partial charge in [-0.2, -0.15) is 0 Å². The second-order valence-corrected chi connectivity index (χ2v) is 6.41. The molecule has 5 heteroatoms. The highest BCUT2D eigenvalue weighted by molar-refractivity contribution is 9.10. The van der Waals surface area contributed by atoms with Crippen LogP contribution in [0.2, 0.25) is 0 Å². The smallest absolute Gasteiger partial charge is 0.144 e. The molecule has 0 radical (unpaired) electrons. The molecule has 0 aliphatic rings. The quantitative estimate of drug-likeness (QED) is 0.631. The van der Waals surface area contributed by atoms with Gasteiger partial charge in [-0.3, -0.25) is 0 Å². The van der Waals surface area contributed by atoms with Gasteiger partial charge in [0.05, 0.1) is 4.47 Å². The number of hydrogen-bond donors (Lipinski definition) is 1. The fraction of sp³-hybridized carbons (Fsp3) is 0.333. The molecule has 2 aromatic rings. The molecule has 106 valence electrons. The fourth-order valence-electron chi connectivity index (χ4n) is 2.05. The van der Waals surface area contributed by atoms with Gasteiger partial charge in [-0.25, -0.2) is 9.97 Å². The zero-order valence-corrected chi connectivity index (χ0v) is 14.3. The summed E-state index contributed by atoms with van der Waals surface area (Å²) in [5, 5.41) is 4.19. The van der Waals surface area contributed by atoms with Gasteiger partial charge in [0.2, 0.25) is 0 Å². The molecule has 1 N–H and O–H groups in total. The van der Waals surface area contributed by atoms with Crippen LogP contribution in [0.15, 0.2) is 34.0 Å². The molecule has 0 aliphatic carbocycles. The summed E-state index contributed by atoms with van der Waals surface area (Å²) >= 11 is 5.30. The minimum Gasteiger partial charge on any atom is -0.369 e. The van der Waals surface area contributed by atoms with Crippen LogP contribution in [-0.4, -0.2) is 16.5 Å². The van der Waals surface area contributed by atoms with Crippen LogP contribution < -0.4 is 5.32 Å². The molecule has 0 amide bonds. The van der Waals surface area contributed by atoms with E-state index >= 15 is 0 Å². The summed E-state index contributed by atoms with van der Waals surface area (Å²) in [5.74, 6) is 1.76. The third-order valence-corrected chi connectivity index (χ3v) is 4.83. The van der Waals surface area contributed by atoms with Crippen LogP contribution in [0, 0.1) is 13.8 Å². The Labute approximate surface area is 132 Å². The van der Waals surface area contributed by atoms with E-state index in [2.05, 4.69) is 70.2 Å². The lowest BCUT2D eigenvalue weighted by molar-refractivity contribution is 1.01. The predicted octanol–water partition coefficient (Wildman–Crippen LogP) is 4.58. The molecular formula is C15H18BrN3S. The van der Waals surface area contributed by atoms with Crippen LogP contribution in [0.3, 0.4) is 0 Å². The normalized spacial score (nSPS) is 10.6. The van der Waals surface area contributed by atoms with E-state index < -0.39 is 0 Å². The number of hydrogen-bond acceptors (Lipinski definition) is 4. The molecule has 0 saturated heterocycles. The largest absolute Gasteiger partial charge is 0.369 e. The Morgan fingerprint density at radius 2 is 1.85 bits per heavy atom. The SMILES string of the molecule is CCNc1ncnc(SCc2cc(C)cc(C)c2)c1Br. The molecule has 0 spiro atoms. The first-order valence-corrected chi connectivity index (χ1v) is 8.32. The number of nitrogens with one attached hydrogen (secondary N) is 1. The first kappa shape index (κ1) is 15.3. The molecule has 0 fully saturated rings. The molecule has 2 rings (SSSR count). The predicted molar refractivity (Wildman–Crippen MR) is 89.4 cm³/mol. The first-order valence-electron chi connectivity index (χ1n) is 6.54. The Kier molecular flexibility index (Phi) is 5.43. The summed E-state index contributed by atoms with van der Waals surface area (Å²) in [6.45, 7) is 7.16. The highest BCUT2D eigenvalue weighted by Crippen LogP contribution is 2.32. The monoisotopic (exact) mass is 351 g/mol. The second kappa shape index (κ2) is 7.09. The van der Waals surface area contributed by atoms with E-state index in [1.165, 1.54) is 16.7 Å². The minimum atomic E-state index is 0.844. The van der Waals surface area contributed by atoms with Crippen LogP contribution in [0.5, 0.6) is 0 Å². The summed E-state index contributed by atoms with van der Waals surface area (Å²) in [6, 6.07) is 6.64. The lowest BCUT2D eigenvalue weighted by Crippen LogP contribution is -2.01. The zero-order chi connectivity index (χ0) is 14.5. The lowest BCUT2D eigenvalue weighted by atomic mass is 10.1. The van der Waals surface area contributed by atoms with E-state index in [-0.39, 0.29) is 0 Å². The topological polar surface area (TPSA) is 37.8 Å². The number of thioether (sulfide) groups is 1. The average molecular weight is 352 g/mol. The maximum Gasteiger partial charge on any atom is 0.144 e. The highest BCUT2D eigenvalue weighted by atomic mass is 79.9. The third kappa shape index (κ3) is 3.96. The molecule has 0 bridgehead atoms. The molecule has 20 heavy (non-hydrogen) atoms. The highest BCUT2D eigenvalue weighted by Gasteiger charge is 2.09. The number of halogens is 1. The van der Waals surface area contributed by atoms with E-state index in [9.17, 15) is 0 Å². The lowest BCUT2D eigenvalue weighted by Gasteiger charge is -2.09. The van der Waals surface area contributed by atoms with E-state index in [4.69, 9.17) is 0 Å². The van der Waals surface area contributed by atoms with Crippen LogP contribution in [-0.2, 0) is 5.75 Å². The van der Waals surface area contributed by atoms with Crippen molar-refractivity contribution in [2.45, 2.75) is 31.6 Å². The molecule has 0 aliphatic heterocycles. The molecule has 1 aromatic carbocycles. The summed E-state index contributed by atoms with van der Waals surface area (Å²) in [5.41, 5.74) is 3.93. The second-order valence-electron chi connectivity index (χ2n) is 4.66. The molecule has 1 aromatic heterocycles. The van der Waals surface area contributed by atoms with Crippen molar-refractivity contribution in [1.82, 2.24) is 9.97 Å².